The molecule has 1 saturated carbocycles. The van der Waals surface area contributed by atoms with Crippen molar-refractivity contribution in [3.63, 3.8) is 0 Å². The molecule has 6 rings (SSSR count). The van der Waals surface area contributed by atoms with E-state index in [2.05, 4.69) is 59.0 Å². The second-order valence-electron chi connectivity index (χ2n) is 12.4. The predicted molar refractivity (Wildman–Crippen MR) is 166 cm³/mol. The number of carbonyl (C=O) groups excluding carboxylic acids is 1. The van der Waals surface area contributed by atoms with Crippen molar-refractivity contribution in [3.8, 4) is 0 Å². The molecule has 1 atom stereocenters. The fourth-order valence-electron chi connectivity index (χ4n) is 7.41. The summed E-state index contributed by atoms with van der Waals surface area (Å²) in [6, 6.07) is 15.1. The van der Waals surface area contributed by atoms with Crippen molar-refractivity contribution in [3.05, 3.63) is 94.1 Å². The summed E-state index contributed by atoms with van der Waals surface area (Å²) >= 11 is 0. The number of nitrogens with one attached hydrogen (secondary N) is 1. The molecule has 2 aliphatic carbocycles. The van der Waals surface area contributed by atoms with E-state index in [1.54, 1.807) is 6.20 Å². The van der Waals surface area contributed by atoms with E-state index in [1.165, 1.54) is 72.7 Å². The standard InChI is InChI=1S/C36H44N4O/c1-25-21-26(2)39-35-33(25)31-14-8-5-9-15-32(31)40(35)24-27-16-18-30(19-17-27)34(29-12-6-3-4-7-13-29)36(41)38-23-28-11-10-20-37-22-28/h10-11,16-22,29,34H,3-9,12-15,23-24H2,1-2H3,(H,38,41). The first kappa shape index (κ1) is 27.7. The zero-order chi connectivity index (χ0) is 28.2. The minimum Gasteiger partial charge on any atom is -0.351 e. The van der Waals surface area contributed by atoms with Crippen LogP contribution in [-0.2, 0) is 30.7 Å². The molecule has 0 aliphatic heterocycles. The Labute approximate surface area is 244 Å². The second kappa shape index (κ2) is 12.6. The minimum atomic E-state index is -0.116. The van der Waals surface area contributed by atoms with Gasteiger partial charge >= 0.3 is 0 Å². The van der Waals surface area contributed by atoms with Crippen LogP contribution in [0.25, 0.3) is 11.0 Å². The van der Waals surface area contributed by atoms with E-state index in [1.807, 2.05) is 18.3 Å². The summed E-state index contributed by atoms with van der Waals surface area (Å²) in [6.45, 7) is 5.69. The van der Waals surface area contributed by atoms with Gasteiger partial charge in [0.2, 0.25) is 5.91 Å². The smallest absolute Gasteiger partial charge is 0.228 e. The monoisotopic (exact) mass is 548 g/mol. The number of aryl methyl sites for hydroxylation is 3. The van der Waals surface area contributed by atoms with Gasteiger partial charge in [0.05, 0.1) is 5.92 Å². The number of fused-ring (bicyclic) bond motifs is 3. The maximum Gasteiger partial charge on any atom is 0.228 e. The predicted octanol–water partition coefficient (Wildman–Crippen LogP) is 7.74. The van der Waals surface area contributed by atoms with Gasteiger partial charge in [-0.1, -0.05) is 62.4 Å². The highest BCUT2D eigenvalue weighted by atomic mass is 16.1. The van der Waals surface area contributed by atoms with Gasteiger partial charge in [0, 0.05) is 42.3 Å². The number of amides is 1. The summed E-state index contributed by atoms with van der Waals surface area (Å²) in [4.78, 5) is 23.0. The van der Waals surface area contributed by atoms with E-state index in [9.17, 15) is 4.79 Å². The molecule has 5 nitrogen and oxygen atoms in total. The number of pyridine rings is 2. The van der Waals surface area contributed by atoms with Crippen molar-refractivity contribution in [1.82, 2.24) is 19.9 Å². The molecule has 1 N–H and O–H groups in total. The van der Waals surface area contributed by atoms with Crippen LogP contribution < -0.4 is 5.32 Å². The number of hydrogen-bond acceptors (Lipinski definition) is 3. The molecule has 214 valence electrons. The number of aromatic nitrogens is 3. The Morgan fingerprint density at radius 3 is 2.46 bits per heavy atom. The molecule has 1 unspecified atom stereocenters. The first-order valence-corrected chi connectivity index (χ1v) is 15.8. The van der Waals surface area contributed by atoms with Crippen LogP contribution >= 0.6 is 0 Å². The van der Waals surface area contributed by atoms with E-state index in [4.69, 9.17) is 4.98 Å². The van der Waals surface area contributed by atoms with Crippen molar-refractivity contribution >= 4 is 16.9 Å². The maximum absolute atomic E-state index is 13.7. The van der Waals surface area contributed by atoms with Gasteiger partial charge in [-0.15, -0.1) is 0 Å². The lowest BCUT2D eigenvalue weighted by Crippen LogP contribution is -2.33. The Morgan fingerprint density at radius 2 is 1.71 bits per heavy atom. The molecule has 0 radical (unpaired) electrons. The third-order valence-corrected chi connectivity index (χ3v) is 9.42. The van der Waals surface area contributed by atoms with Crippen LogP contribution in [0.2, 0.25) is 0 Å². The van der Waals surface area contributed by atoms with Crippen LogP contribution in [-0.4, -0.2) is 20.4 Å². The average molecular weight is 549 g/mol. The molecule has 1 amide bonds. The molecule has 41 heavy (non-hydrogen) atoms. The maximum atomic E-state index is 13.7. The highest BCUT2D eigenvalue weighted by molar-refractivity contribution is 5.86. The van der Waals surface area contributed by atoms with Crippen LogP contribution in [0.3, 0.4) is 0 Å². The van der Waals surface area contributed by atoms with E-state index in [0.717, 1.165) is 54.7 Å². The molecule has 2 aliphatic rings. The lowest BCUT2D eigenvalue weighted by Gasteiger charge is -2.26. The van der Waals surface area contributed by atoms with E-state index < -0.39 is 0 Å². The highest BCUT2D eigenvalue weighted by Crippen LogP contribution is 2.37. The first-order valence-electron chi connectivity index (χ1n) is 15.8. The third kappa shape index (κ3) is 6.10. The van der Waals surface area contributed by atoms with E-state index in [-0.39, 0.29) is 11.8 Å². The molecule has 0 bridgehead atoms. The summed E-state index contributed by atoms with van der Waals surface area (Å²) < 4.78 is 2.49. The summed E-state index contributed by atoms with van der Waals surface area (Å²) in [5.41, 5.74) is 10.0. The molecule has 3 heterocycles. The molecule has 3 aromatic heterocycles. The van der Waals surface area contributed by atoms with Crippen LogP contribution in [0.5, 0.6) is 0 Å². The number of carbonyl (C=O) groups is 1. The molecule has 1 aromatic carbocycles. The van der Waals surface area contributed by atoms with Crippen LogP contribution in [0, 0.1) is 19.8 Å². The van der Waals surface area contributed by atoms with Crippen LogP contribution in [0.1, 0.15) is 103 Å². The summed E-state index contributed by atoms with van der Waals surface area (Å²) in [7, 11) is 0. The number of nitrogens with zero attached hydrogens (tertiary/aromatic N) is 3. The highest BCUT2D eigenvalue weighted by Gasteiger charge is 2.30. The van der Waals surface area contributed by atoms with E-state index >= 15 is 0 Å². The van der Waals surface area contributed by atoms with Crippen molar-refractivity contribution in [2.75, 3.05) is 0 Å². The van der Waals surface area contributed by atoms with Gasteiger partial charge in [-0.2, -0.15) is 0 Å². The number of hydrogen-bond donors (Lipinski definition) is 1. The van der Waals surface area contributed by atoms with Crippen molar-refractivity contribution in [1.29, 1.82) is 0 Å². The lowest BCUT2D eigenvalue weighted by molar-refractivity contribution is -0.124. The van der Waals surface area contributed by atoms with Gasteiger partial charge in [0.1, 0.15) is 5.65 Å². The van der Waals surface area contributed by atoms with Gasteiger partial charge in [-0.25, -0.2) is 4.98 Å². The average Bonchev–Trinajstić information content (AvgIpc) is 3.23. The van der Waals surface area contributed by atoms with Gasteiger partial charge in [-0.05, 0) is 98.2 Å². The van der Waals surface area contributed by atoms with Gasteiger partial charge in [-0.3, -0.25) is 9.78 Å². The summed E-state index contributed by atoms with van der Waals surface area (Å²) in [5.74, 6) is 0.413. The Morgan fingerprint density at radius 1 is 0.951 bits per heavy atom. The molecular weight excluding hydrogens is 504 g/mol. The van der Waals surface area contributed by atoms with Crippen molar-refractivity contribution in [2.45, 2.75) is 103 Å². The minimum absolute atomic E-state index is 0.116. The normalized spacial score (nSPS) is 17.0. The summed E-state index contributed by atoms with van der Waals surface area (Å²) in [6.07, 6.45) is 16.9. The number of rotatable bonds is 7. The Hall–Kier alpha value is -3.47. The molecule has 5 heteroatoms. The third-order valence-electron chi connectivity index (χ3n) is 9.42. The molecule has 0 spiro atoms. The quantitative estimate of drug-likeness (QED) is 0.190. The van der Waals surface area contributed by atoms with Gasteiger partial charge in [0.25, 0.3) is 0 Å². The zero-order valence-electron chi connectivity index (χ0n) is 24.8. The fraction of sp³-hybridized carbons (Fsp3) is 0.472. The van der Waals surface area contributed by atoms with E-state index in [0.29, 0.717) is 12.5 Å². The fourth-order valence-corrected chi connectivity index (χ4v) is 7.41. The van der Waals surface area contributed by atoms with Crippen molar-refractivity contribution < 1.29 is 4.79 Å². The molecule has 1 fully saturated rings. The first-order chi connectivity index (χ1) is 20.1. The topological polar surface area (TPSA) is 59.8 Å². The largest absolute Gasteiger partial charge is 0.351 e. The molecular formula is C36H44N4O. The zero-order valence-corrected chi connectivity index (χ0v) is 24.8. The lowest BCUT2D eigenvalue weighted by atomic mass is 9.80. The SMILES string of the molecule is Cc1cc(C)c2c3c(n(Cc4ccc(C(C(=O)NCc5cccnc5)C5CCCCCC5)cc4)c2n1)CCCCC3. The second-order valence-corrected chi connectivity index (χ2v) is 12.4. The Bertz CT molecular complexity index is 1480. The summed E-state index contributed by atoms with van der Waals surface area (Å²) in [5, 5.41) is 4.62. The molecule has 4 aromatic rings. The van der Waals surface area contributed by atoms with Gasteiger partial charge in [0.15, 0.2) is 0 Å². The van der Waals surface area contributed by atoms with Gasteiger partial charge < -0.3 is 9.88 Å². The number of benzene rings is 1. The Kier molecular flexibility index (Phi) is 8.50. The van der Waals surface area contributed by atoms with Crippen LogP contribution in [0.4, 0.5) is 0 Å². The molecule has 0 saturated heterocycles. The van der Waals surface area contributed by atoms with Crippen molar-refractivity contribution in [2.24, 2.45) is 5.92 Å². The Balaban J connectivity index is 1.29. The van der Waals surface area contributed by atoms with Crippen LogP contribution in [0.15, 0.2) is 54.9 Å².